The minimum absolute atomic E-state index is 0.0776. The van der Waals surface area contributed by atoms with Gasteiger partial charge in [0.2, 0.25) is 5.76 Å². The second kappa shape index (κ2) is 6.96. The van der Waals surface area contributed by atoms with Crippen molar-refractivity contribution in [1.82, 2.24) is 0 Å². The van der Waals surface area contributed by atoms with Crippen LogP contribution in [-0.2, 0) is 15.7 Å². The second-order valence-electron chi connectivity index (χ2n) is 4.73. The molecule has 0 saturated carbocycles. The summed E-state index contributed by atoms with van der Waals surface area (Å²) in [5.74, 6) is -1.24. The summed E-state index contributed by atoms with van der Waals surface area (Å²) in [6.07, 6.45) is -4.65. The molecule has 0 bridgehead atoms. The molecule has 9 heteroatoms. The van der Waals surface area contributed by atoms with E-state index in [4.69, 9.17) is 20.8 Å². The molecule has 1 heterocycles. The Morgan fingerprint density at radius 3 is 2.54 bits per heavy atom. The van der Waals surface area contributed by atoms with Crippen LogP contribution in [0.2, 0.25) is 5.02 Å². The van der Waals surface area contributed by atoms with Crippen molar-refractivity contribution in [1.29, 1.82) is 0 Å². The van der Waals surface area contributed by atoms with E-state index in [0.717, 1.165) is 6.07 Å². The molecule has 0 aliphatic rings. The summed E-state index contributed by atoms with van der Waals surface area (Å²) in [4.78, 5) is 23.2. The van der Waals surface area contributed by atoms with Gasteiger partial charge in [-0.3, -0.25) is 4.79 Å². The number of anilines is 1. The van der Waals surface area contributed by atoms with E-state index in [1.165, 1.54) is 12.1 Å². The third-order valence-electron chi connectivity index (χ3n) is 2.83. The largest absolute Gasteiger partial charge is 0.454 e. The normalized spacial score (nSPS) is 11.2. The number of hydrogen-bond donors (Lipinski definition) is 1. The van der Waals surface area contributed by atoms with Gasteiger partial charge in [-0.15, -0.1) is 0 Å². The summed E-state index contributed by atoms with van der Waals surface area (Å²) in [5, 5.41) is 1.70. The van der Waals surface area contributed by atoms with Crippen LogP contribution >= 0.6 is 11.6 Å². The molecule has 1 amide bonds. The van der Waals surface area contributed by atoms with E-state index in [9.17, 15) is 22.8 Å². The Morgan fingerprint density at radius 1 is 1.25 bits per heavy atom. The predicted octanol–water partition coefficient (Wildman–Crippen LogP) is 4.06. The first-order valence-electron chi connectivity index (χ1n) is 6.57. The van der Waals surface area contributed by atoms with E-state index in [1.54, 1.807) is 13.0 Å². The van der Waals surface area contributed by atoms with Crippen LogP contribution in [0.15, 0.2) is 34.7 Å². The monoisotopic (exact) mass is 361 g/mol. The van der Waals surface area contributed by atoms with E-state index in [2.05, 4.69) is 5.32 Å². The summed E-state index contributed by atoms with van der Waals surface area (Å²) in [5.41, 5.74) is -1.20. The molecule has 0 atom stereocenters. The van der Waals surface area contributed by atoms with Gasteiger partial charge in [0.15, 0.2) is 6.61 Å². The van der Waals surface area contributed by atoms with Crippen LogP contribution in [0.4, 0.5) is 18.9 Å². The second-order valence-corrected chi connectivity index (χ2v) is 5.13. The molecule has 0 unspecified atom stereocenters. The molecule has 0 fully saturated rings. The van der Waals surface area contributed by atoms with Crippen molar-refractivity contribution in [3.63, 3.8) is 0 Å². The average Bonchev–Trinajstić information content (AvgIpc) is 2.92. The van der Waals surface area contributed by atoms with Crippen LogP contribution in [0.5, 0.6) is 0 Å². The molecule has 2 aromatic rings. The van der Waals surface area contributed by atoms with Gasteiger partial charge in [0.1, 0.15) is 5.76 Å². The maximum absolute atomic E-state index is 12.7. The fourth-order valence-electron chi connectivity index (χ4n) is 1.76. The number of amides is 1. The molecule has 0 saturated heterocycles. The minimum Gasteiger partial charge on any atom is -0.454 e. The fourth-order valence-corrected chi connectivity index (χ4v) is 1.99. The predicted molar refractivity (Wildman–Crippen MR) is 78.8 cm³/mol. The molecule has 1 aromatic heterocycles. The molecule has 0 spiro atoms. The van der Waals surface area contributed by atoms with Crippen molar-refractivity contribution in [3.05, 3.63) is 52.4 Å². The van der Waals surface area contributed by atoms with Crippen LogP contribution in [0, 0.1) is 6.92 Å². The lowest BCUT2D eigenvalue weighted by molar-refractivity contribution is -0.137. The number of carbonyl (C=O) groups is 2. The molecular weight excluding hydrogens is 351 g/mol. The first-order chi connectivity index (χ1) is 11.2. The maximum atomic E-state index is 12.7. The van der Waals surface area contributed by atoms with Crippen LogP contribution in [0.3, 0.4) is 0 Å². The molecule has 24 heavy (non-hydrogen) atoms. The summed E-state index contributed by atoms with van der Waals surface area (Å²) in [7, 11) is 0. The molecule has 0 aliphatic carbocycles. The molecular formula is C15H11ClF3NO4. The SMILES string of the molecule is Cc1ccc(C(=O)OCC(=O)Nc2ccc(Cl)c(C(F)(F)F)c2)o1. The molecule has 128 valence electrons. The number of esters is 1. The van der Waals surface area contributed by atoms with Crippen molar-refractivity contribution in [2.24, 2.45) is 0 Å². The average molecular weight is 362 g/mol. The molecule has 0 radical (unpaired) electrons. The number of nitrogens with one attached hydrogen (secondary N) is 1. The van der Waals surface area contributed by atoms with Gasteiger partial charge in [0, 0.05) is 5.69 Å². The van der Waals surface area contributed by atoms with Crippen molar-refractivity contribution in [3.8, 4) is 0 Å². The highest BCUT2D eigenvalue weighted by atomic mass is 35.5. The summed E-state index contributed by atoms with van der Waals surface area (Å²) in [6, 6.07) is 5.83. The number of halogens is 4. The third kappa shape index (κ3) is 4.51. The first kappa shape index (κ1) is 17.9. The highest BCUT2D eigenvalue weighted by molar-refractivity contribution is 6.31. The summed E-state index contributed by atoms with van der Waals surface area (Å²) in [6.45, 7) is 0.949. The van der Waals surface area contributed by atoms with Crippen LogP contribution < -0.4 is 5.32 Å². The maximum Gasteiger partial charge on any atom is 0.417 e. The highest BCUT2D eigenvalue weighted by Crippen LogP contribution is 2.36. The number of furan rings is 1. The number of benzene rings is 1. The van der Waals surface area contributed by atoms with E-state index in [-0.39, 0.29) is 11.4 Å². The molecule has 0 aliphatic heterocycles. The van der Waals surface area contributed by atoms with Crippen LogP contribution in [0.1, 0.15) is 21.9 Å². The van der Waals surface area contributed by atoms with E-state index in [0.29, 0.717) is 11.8 Å². The smallest absolute Gasteiger partial charge is 0.417 e. The van der Waals surface area contributed by atoms with Crippen molar-refractivity contribution in [2.45, 2.75) is 13.1 Å². The van der Waals surface area contributed by atoms with Crippen molar-refractivity contribution >= 4 is 29.2 Å². The lowest BCUT2D eigenvalue weighted by atomic mass is 10.2. The molecule has 1 aromatic carbocycles. The molecule has 2 rings (SSSR count). The van der Waals surface area contributed by atoms with Gasteiger partial charge >= 0.3 is 12.1 Å². The quantitative estimate of drug-likeness (QED) is 0.834. The Hall–Kier alpha value is -2.48. The Morgan fingerprint density at radius 2 is 1.96 bits per heavy atom. The van der Waals surface area contributed by atoms with Gasteiger partial charge in [-0.1, -0.05) is 11.6 Å². The Kier molecular flexibility index (Phi) is 5.18. The van der Waals surface area contributed by atoms with Gasteiger partial charge in [-0.2, -0.15) is 13.2 Å². The van der Waals surface area contributed by atoms with Gasteiger partial charge in [0.05, 0.1) is 10.6 Å². The summed E-state index contributed by atoms with van der Waals surface area (Å²) >= 11 is 5.48. The van der Waals surface area contributed by atoms with Gasteiger partial charge in [0.25, 0.3) is 5.91 Å². The zero-order valence-corrected chi connectivity index (χ0v) is 13.0. The fraction of sp³-hybridized carbons (Fsp3) is 0.200. The Labute approximate surface area is 139 Å². The standard InChI is InChI=1S/C15H11ClF3NO4/c1-8-2-5-12(24-8)14(22)23-7-13(21)20-9-3-4-11(16)10(6-9)15(17,18)19/h2-6H,7H2,1H3,(H,20,21). The topological polar surface area (TPSA) is 68.5 Å². The molecule has 5 nitrogen and oxygen atoms in total. The third-order valence-corrected chi connectivity index (χ3v) is 3.16. The van der Waals surface area contributed by atoms with E-state index in [1.807, 2.05) is 0 Å². The zero-order valence-electron chi connectivity index (χ0n) is 12.2. The number of aryl methyl sites for hydroxylation is 1. The number of rotatable bonds is 4. The van der Waals surface area contributed by atoms with E-state index < -0.39 is 35.2 Å². The number of hydrogen-bond acceptors (Lipinski definition) is 4. The van der Waals surface area contributed by atoms with Gasteiger partial charge in [-0.05, 0) is 37.3 Å². The van der Waals surface area contributed by atoms with Gasteiger partial charge < -0.3 is 14.5 Å². The highest BCUT2D eigenvalue weighted by Gasteiger charge is 2.33. The lowest BCUT2D eigenvalue weighted by Crippen LogP contribution is -2.21. The van der Waals surface area contributed by atoms with Crippen molar-refractivity contribution in [2.75, 3.05) is 11.9 Å². The van der Waals surface area contributed by atoms with Gasteiger partial charge in [-0.25, -0.2) is 4.79 Å². The first-order valence-corrected chi connectivity index (χ1v) is 6.95. The van der Waals surface area contributed by atoms with Crippen LogP contribution in [-0.4, -0.2) is 18.5 Å². The number of carbonyl (C=O) groups excluding carboxylic acids is 2. The summed E-state index contributed by atoms with van der Waals surface area (Å²) < 4.78 is 47.9. The molecule has 1 N–H and O–H groups in total. The van der Waals surface area contributed by atoms with Crippen molar-refractivity contribution < 1.29 is 31.9 Å². The van der Waals surface area contributed by atoms with E-state index >= 15 is 0 Å². The Bertz CT molecular complexity index is 770. The van der Waals surface area contributed by atoms with Crippen LogP contribution in [0.25, 0.3) is 0 Å². The number of ether oxygens (including phenoxy) is 1. The zero-order chi connectivity index (χ0) is 17.9. The Balaban J connectivity index is 1.96. The number of alkyl halides is 3. The minimum atomic E-state index is -4.65. The lowest BCUT2D eigenvalue weighted by Gasteiger charge is -2.11.